The lowest BCUT2D eigenvalue weighted by molar-refractivity contribution is 0.0905. The summed E-state index contributed by atoms with van der Waals surface area (Å²) in [5, 5.41) is 12.0. The van der Waals surface area contributed by atoms with Crippen molar-refractivity contribution in [2.24, 2.45) is 0 Å². The number of likely N-dealkylation sites (tertiary alicyclic amines) is 1. The van der Waals surface area contributed by atoms with Crippen molar-refractivity contribution in [3.8, 4) is 17.6 Å². The van der Waals surface area contributed by atoms with Crippen LogP contribution in [0.3, 0.4) is 0 Å². The van der Waals surface area contributed by atoms with Gasteiger partial charge in [-0.25, -0.2) is 0 Å². The third-order valence-electron chi connectivity index (χ3n) is 5.06. The van der Waals surface area contributed by atoms with Gasteiger partial charge in [-0.3, -0.25) is 9.69 Å². The van der Waals surface area contributed by atoms with Crippen molar-refractivity contribution >= 4 is 5.91 Å². The molecule has 28 heavy (non-hydrogen) atoms. The molecule has 1 aliphatic rings. The van der Waals surface area contributed by atoms with E-state index in [4.69, 9.17) is 14.7 Å². The van der Waals surface area contributed by atoms with Crippen molar-refractivity contribution in [1.29, 1.82) is 5.26 Å². The quantitative estimate of drug-likeness (QED) is 0.835. The van der Waals surface area contributed by atoms with Gasteiger partial charge in [0.1, 0.15) is 11.5 Å². The molecule has 0 radical (unpaired) electrons. The summed E-state index contributed by atoms with van der Waals surface area (Å²) in [4.78, 5) is 15.1. The smallest absolute Gasteiger partial charge is 0.255 e. The minimum Gasteiger partial charge on any atom is -0.497 e. The molecule has 1 heterocycles. The lowest BCUT2D eigenvalue weighted by atomic mass is 10.0. The highest BCUT2D eigenvalue weighted by Crippen LogP contribution is 2.24. The van der Waals surface area contributed by atoms with Crippen LogP contribution in [0.1, 0.15) is 34.3 Å². The lowest BCUT2D eigenvalue weighted by Gasteiger charge is -2.32. The highest BCUT2D eigenvalue weighted by Gasteiger charge is 2.23. The molecule has 0 spiro atoms. The Morgan fingerprint density at radius 2 is 1.86 bits per heavy atom. The third-order valence-corrected chi connectivity index (χ3v) is 5.06. The second-order valence-corrected chi connectivity index (χ2v) is 6.90. The van der Waals surface area contributed by atoms with Gasteiger partial charge in [-0.1, -0.05) is 12.1 Å². The Hall–Kier alpha value is -3.04. The Morgan fingerprint density at radius 1 is 1.14 bits per heavy atom. The summed E-state index contributed by atoms with van der Waals surface area (Å²) in [5.74, 6) is 1.03. The Bertz CT molecular complexity index is 850. The normalized spacial score (nSPS) is 14.9. The molecule has 2 aromatic rings. The van der Waals surface area contributed by atoms with E-state index in [9.17, 15) is 4.79 Å². The largest absolute Gasteiger partial charge is 0.497 e. The predicted molar refractivity (Wildman–Crippen MR) is 106 cm³/mol. The van der Waals surface area contributed by atoms with Crippen LogP contribution in [0.2, 0.25) is 0 Å². The summed E-state index contributed by atoms with van der Waals surface area (Å²) in [6, 6.07) is 15.2. The number of methoxy groups -OCH3 is 2. The fourth-order valence-corrected chi connectivity index (χ4v) is 3.43. The van der Waals surface area contributed by atoms with Crippen molar-refractivity contribution in [1.82, 2.24) is 10.2 Å². The maximum Gasteiger partial charge on any atom is 0.255 e. The van der Waals surface area contributed by atoms with Crippen LogP contribution < -0.4 is 14.8 Å². The topological polar surface area (TPSA) is 74.6 Å². The minimum absolute atomic E-state index is 0.138. The van der Waals surface area contributed by atoms with Crippen molar-refractivity contribution in [3.63, 3.8) is 0 Å². The van der Waals surface area contributed by atoms with Crippen LogP contribution in [0, 0.1) is 11.3 Å². The van der Waals surface area contributed by atoms with Gasteiger partial charge in [0.25, 0.3) is 5.91 Å². The molecule has 0 aliphatic carbocycles. The molecule has 0 aromatic heterocycles. The van der Waals surface area contributed by atoms with Gasteiger partial charge in [0, 0.05) is 25.7 Å². The first-order chi connectivity index (χ1) is 13.6. The highest BCUT2D eigenvalue weighted by atomic mass is 16.5. The van der Waals surface area contributed by atoms with Crippen molar-refractivity contribution in [2.75, 3.05) is 27.3 Å². The summed E-state index contributed by atoms with van der Waals surface area (Å²) in [7, 11) is 3.13. The number of benzene rings is 2. The second-order valence-electron chi connectivity index (χ2n) is 6.90. The number of amides is 1. The zero-order valence-corrected chi connectivity index (χ0v) is 16.3. The van der Waals surface area contributed by atoms with E-state index in [2.05, 4.69) is 16.3 Å². The molecule has 1 N–H and O–H groups in total. The van der Waals surface area contributed by atoms with Crippen LogP contribution in [-0.4, -0.2) is 44.2 Å². The molecule has 1 saturated heterocycles. The number of hydrogen-bond donors (Lipinski definition) is 1. The van der Waals surface area contributed by atoms with Gasteiger partial charge in [0.15, 0.2) is 0 Å². The van der Waals surface area contributed by atoms with Crippen LogP contribution in [0.5, 0.6) is 11.5 Å². The third kappa shape index (κ3) is 4.81. The molecule has 1 aliphatic heterocycles. The van der Waals surface area contributed by atoms with Gasteiger partial charge in [-0.15, -0.1) is 0 Å². The molecule has 0 unspecified atom stereocenters. The molecule has 3 rings (SSSR count). The Kier molecular flexibility index (Phi) is 6.51. The lowest BCUT2D eigenvalue weighted by Crippen LogP contribution is -2.44. The molecule has 1 fully saturated rings. The maximum absolute atomic E-state index is 12.7. The van der Waals surface area contributed by atoms with E-state index in [1.54, 1.807) is 32.4 Å². The standard InChI is InChI=1S/C22H25N3O3/c1-27-19-7-8-21(28-2)20(13-19)22(26)24-18-9-11-25(12-10-18)15-17-5-3-16(14-23)4-6-17/h3-8,13,18H,9-12,15H2,1-2H3,(H,24,26). The SMILES string of the molecule is COc1ccc(OC)c(C(=O)NC2CCN(Cc3ccc(C#N)cc3)CC2)c1. The fraction of sp³-hybridized carbons (Fsp3) is 0.364. The van der Waals surface area contributed by atoms with E-state index in [0.717, 1.165) is 32.5 Å². The van der Waals surface area contributed by atoms with Gasteiger partial charge in [0.05, 0.1) is 31.4 Å². The summed E-state index contributed by atoms with van der Waals surface area (Å²) in [6.07, 6.45) is 1.79. The predicted octanol–water partition coefficient (Wildman–Crippen LogP) is 2.97. The van der Waals surface area contributed by atoms with Crippen LogP contribution >= 0.6 is 0 Å². The monoisotopic (exact) mass is 379 g/mol. The van der Waals surface area contributed by atoms with E-state index in [0.29, 0.717) is 22.6 Å². The van der Waals surface area contributed by atoms with Crippen molar-refractivity contribution in [3.05, 3.63) is 59.2 Å². The average Bonchev–Trinajstić information content (AvgIpc) is 2.75. The zero-order valence-electron chi connectivity index (χ0n) is 16.3. The van der Waals surface area contributed by atoms with E-state index in [1.165, 1.54) is 5.56 Å². The number of nitrogens with zero attached hydrogens (tertiary/aromatic N) is 2. The van der Waals surface area contributed by atoms with Gasteiger partial charge >= 0.3 is 0 Å². The molecule has 0 atom stereocenters. The summed E-state index contributed by atoms with van der Waals surface area (Å²) < 4.78 is 10.5. The molecule has 146 valence electrons. The van der Waals surface area contributed by atoms with E-state index in [1.807, 2.05) is 24.3 Å². The number of ether oxygens (including phenoxy) is 2. The number of hydrogen-bond acceptors (Lipinski definition) is 5. The van der Waals surface area contributed by atoms with Gasteiger partial charge < -0.3 is 14.8 Å². The number of nitriles is 1. The fourth-order valence-electron chi connectivity index (χ4n) is 3.43. The van der Waals surface area contributed by atoms with E-state index in [-0.39, 0.29) is 11.9 Å². The molecule has 0 saturated carbocycles. The summed E-state index contributed by atoms with van der Waals surface area (Å²) in [5.41, 5.74) is 2.36. The van der Waals surface area contributed by atoms with Crippen molar-refractivity contribution in [2.45, 2.75) is 25.4 Å². The van der Waals surface area contributed by atoms with E-state index < -0.39 is 0 Å². The average molecular weight is 379 g/mol. The van der Waals surface area contributed by atoms with Gasteiger partial charge in [0.2, 0.25) is 0 Å². The molecule has 1 amide bonds. The number of carbonyl (C=O) groups excluding carboxylic acids is 1. The van der Waals surface area contributed by atoms with Crippen LogP contribution in [0.4, 0.5) is 0 Å². The maximum atomic E-state index is 12.7. The highest BCUT2D eigenvalue weighted by molar-refractivity contribution is 5.97. The van der Waals surface area contributed by atoms with Crippen molar-refractivity contribution < 1.29 is 14.3 Å². The molecule has 6 heteroatoms. The molecular weight excluding hydrogens is 354 g/mol. The first kappa shape index (κ1) is 19.7. The first-order valence-electron chi connectivity index (χ1n) is 9.37. The summed E-state index contributed by atoms with van der Waals surface area (Å²) in [6.45, 7) is 2.69. The minimum atomic E-state index is -0.138. The molecular formula is C22H25N3O3. The van der Waals surface area contributed by atoms with Gasteiger partial charge in [-0.05, 0) is 48.7 Å². The van der Waals surface area contributed by atoms with Crippen LogP contribution in [0.25, 0.3) is 0 Å². The molecule has 6 nitrogen and oxygen atoms in total. The van der Waals surface area contributed by atoms with E-state index >= 15 is 0 Å². The van der Waals surface area contributed by atoms with Crippen LogP contribution in [-0.2, 0) is 6.54 Å². The Balaban J connectivity index is 1.54. The number of piperidine rings is 1. The van der Waals surface area contributed by atoms with Gasteiger partial charge in [-0.2, -0.15) is 5.26 Å². The number of nitrogens with one attached hydrogen (secondary N) is 1. The summed E-state index contributed by atoms with van der Waals surface area (Å²) >= 11 is 0. The van der Waals surface area contributed by atoms with Crippen LogP contribution in [0.15, 0.2) is 42.5 Å². The second kappa shape index (κ2) is 9.25. The molecule has 0 bridgehead atoms. The number of carbonyl (C=O) groups is 1. The number of rotatable bonds is 6. The zero-order chi connectivity index (χ0) is 19.9. The molecule has 2 aromatic carbocycles. The Morgan fingerprint density at radius 3 is 2.46 bits per heavy atom. The first-order valence-corrected chi connectivity index (χ1v) is 9.37. The Labute approximate surface area is 165 Å².